The normalized spacial score (nSPS) is 11.4. The molecule has 0 N–H and O–H groups in total. The molecule has 96 valence electrons. The standard InChI is InChI=1S/C14H21FO2/c1-5-8-16-11-6-7-12(15)13(9-11)17-10-14(2,3)4/h6-7,9H,5,8,10H2,1-4H3. The molecular weight excluding hydrogens is 219 g/mol. The molecule has 0 aliphatic heterocycles. The second-order valence-electron chi connectivity index (χ2n) is 5.29. The Morgan fingerprint density at radius 1 is 1.18 bits per heavy atom. The number of benzene rings is 1. The van der Waals surface area contributed by atoms with Crippen LogP contribution in [0.3, 0.4) is 0 Å². The van der Waals surface area contributed by atoms with Gasteiger partial charge in [-0.3, -0.25) is 0 Å². The lowest BCUT2D eigenvalue weighted by molar-refractivity contribution is 0.190. The van der Waals surface area contributed by atoms with Crippen molar-refractivity contribution < 1.29 is 13.9 Å². The molecule has 0 fully saturated rings. The molecule has 3 heteroatoms. The van der Waals surface area contributed by atoms with Crippen LogP contribution in [-0.2, 0) is 0 Å². The monoisotopic (exact) mass is 240 g/mol. The Labute approximate surface area is 103 Å². The maximum Gasteiger partial charge on any atom is 0.165 e. The van der Waals surface area contributed by atoms with Crippen LogP contribution in [-0.4, -0.2) is 13.2 Å². The van der Waals surface area contributed by atoms with Gasteiger partial charge in [-0.25, -0.2) is 4.39 Å². The highest BCUT2D eigenvalue weighted by Crippen LogP contribution is 2.25. The molecule has 0 aliphatic rings. The highest BCUT2D eigenvalue weighted by molar-refractivity contribution is 5.34. The Hall–Kier alpha value is -1.25. The zero-order valence-electron chi connectivity index (χ0n) is 11.0. The molecule has 0 unspecified atom stereocenters. The SMILES string of the molecule is CCCOc1ccc(F)c(OCC(C)(C)C)c1. The molecule has 0 bridgehead atoms. The Bertz CT molecular complexity index is 356. The minimum Gasteiger partial charge on any atom is -0.493 e. The summed E-state index contributed by atoms with van der Waals surface area (Å²) in [6, 6.07) is 4.61. The number of ether oxygens (including phenoxy) is 2. The molecule has 0 amide bonds. The lowest BCUT2D eigenvalue weighted by Crippen LogP contribution is -2.17. The Kier molecular flexibility index (Phi) is 4.79. The predicted octanol–water partition coefficient (Wildman–Crippen LogP) is 4.04. The quantitative estimate of drug-likeness (QED) is 0.773. The van der Waals surface area contributed by atoms with Gasteiger partial charge in [0.25, 0.3) is 0 Å². The molecule has 0 saturated carbocycles. The van der Waals surface area contributed by atoms with Crippen molar-refractivity contribution in [3.05, 3.63) is 24.0 Å². The van der Waals surface area contributed by atoms with Gasteiger partial charge in [-0.1, -0.05) is 27.7 Å². The Morgan fingerprint density at radius 2 is 1.88 bits per heavy atom. The fourth-order valence-corrected chi connectivity index (χ4v) is 1.20. The summed E-state index contributed by atoms with van der Waals surface area (Å²) >= 11 is 0. The van der Waals surface area contributed by atoms with Crippen LogP contribution in [0, 0.1) is 11.2 Å². The van der Waals surface area contributed by atoms with Crippen LogP contribution in [0.2, 0.25) is 0 Å². The molecule has 0 aromatic heterocycles. The van der Waals surface area contributed by atoms with Gasteiger partial charge in [0.2, 0.25) is 0 Å². The fourth-order valence-electron chi connectivity index (χ4n) is 1.20. The Morgan fingerprint density at radius 3 is 2.47 bits per heavy atom. The molecule has 1 aromatic carbocycles. The average Bonchev–Trinajstić information content (AvgIpc) is 2.25. The van der Waals surface area contributed by atoms with Gasteiger partial charge in [0.1, 0.15) is 5.75 Å². The molecule has 0 saturated heterocycles. The van der Waals surface area contributed by atoms with Gasteiger partial charge >= 0.3 is 0 Å². The van der Waals surface area contributed by atoms with E-state index in [1.165, 1.54) is 6.07 Å². The number of hydrogen-bond acceptors (Lipinski definition) is 2. The van der Waals surface area contributed by atoms with E-state index in [0.29, 0.717) is 19.0 Å². The van der Waals surface area contributed by atoms with E-state index in [0.717, 1.165) is 6.42 Å². The average molecular weight is 240 g/mol. The summed E-state index contributed by atoms with van der Waals surface area (Å²) < 4.78 is 24.4. The van der Waals surface area contributed by atoms with Gasteiger partial charge in [-0.05, 0) is 24.0 Å². The molecular formula is C14H21FO2. The van der Waals surface area contributed by atoms with E-state index in [1.54, 1.807) is 12.1 Å². The van der Waals surface area contributed by atoms with E-state index in [-0.39, 0.29) is 17.0 Å². The van der Waals surface area contributed by atoms with Crippen molar-refractivity contribution in [1.82, 2.24) is 0 Å². The molecule has 0 atom stereocenters. The van der Waals surface area contributed by atoms with E-state index >= 15 is 0 Å². The summed E-state index contributed by atoms with van der Waals surface area (Å²) in [5.74, 6) is 0.559. The second kappa shape index (κ2) is 5.89. The molecule has 0 radical (unpaired) electrons. The van der Waals surface area contributed by atoms with E-state index < -0.39 is 0 Å². The van der Waals surface area contributed by atoms with Crippen molar-refractivity contribution in [2.45, 2.75) is 34.1 Å². The van der Waals surface area contributed by atoms with Gasteiger partial charge in [-0.2, -0.15) is 0 Å². The van der Waals surface area contributed by atoms with Crippen molar-refractivity contribution in [3.63, 3.8) is 0 Å². The van der Waals surface area contributed by atoms with Gasteiger partial charge in [0.15, 0.2) is 11.6 Å². The van der Waals surface area contributed by atoms with Crippen LogP contribution in [0.5, 0.6) is 11.5 Å². The molecule has 17 heavy (non-hydrogen) atoms. The number of rotatable bonds is 5. The summed E-state index contributed by atoms with van der Waals surface area (Å²) in [6.45, 7) is 9.26. The van der Waals surface area contributed by atoms with Gasteiger partial charge < -0.3 is 9.47 Å². The summed E-state index contributed by atoms with van der Waals surface area (Å²) in [5.41, 5.74) is 0.00667. The molecule has 1 rings (SSSR count). The third-order valence-electron chi connectivity index (χ3n) is 2.04. The minimum atomic E-state index is -0.349. The van der Waals surface area contributed by atoms with Crippen molar-refractivity contribution >= 4 is 0 Å². The first-order chi connectivity index (χ1) is 7.92. The first kappa shape index (κ1) is 13.8. The van der Waals surface area contributed by atoms with Crippen molar-refractivity contribution in [3.8, 4) is 11.5 Å². The van der Waals surface area contributed by atoms with Crippen LogP contribution >= 0.6 is 0 Å². The predicted molar refractivity (Wildman–Crippen MR) is 67.1 cm³/mol. The number of hydrogen-bond donors (Lipinski definition) is 0. The molecule has 2 nitrogen and oxygen atoms in total. The lowest BCUT2D eigenvalue weighted by atomic mass is 9.99. The van der Waals surface area contributed by atoms with Gasteiger partial charge in [-0.15, -0.1) is 0 Å². The molecule has 0 aliphatic carbocycles. The molecule has 0 spiro atoms. The van der Waals surface area contributed by atoms with Crippen molar-refractivity contribution in [1.29, 1.82) is 0 Å². The largest absolute Gasteiger partial charge is 0.493 e. The highest BCUT2D eigenvalue weighted by Gasteiger charge is 2.13. The van der Waals surface area contributed by atoms with E-state index in [4.69, 9.17) is 9.47 Å². The maximum absolute atomic E-state index is 13.5. The summed E-state index contributed by atoms with van der Waals surface area (Å²) in [7, 11) is 0. The van der Waals surface area contributed by atoms with E-state index in [1.807, 2.05) is 27.7 Å². The molecule has 0 heterocycles. The first-order valence-electron chi connectivity index (χ1n) is 5.97. The fraction of sp³-hybridized carbons (Fsp3) is 0.571. The zero-order valence-corrected chi connectivity index (χ0v) is 11.0. The van der Waals surface area contributed by atoms with Gasteiger partial charge in [0.05, 0.1) is 13.2 Å². The van der Waals surface area contributed by atoms with Crippen LogP contribution in [0.1, 0.15) is 34.1 Å². The maximum atomic E-state index is 13.5. The highest BCUT2D eigenvalue weighted by atomic mass is 19.1. The summed E-state index contributed by atoms with van der Waals surface area (Å²) in [6.07, 6.45) is 0.926. The van der Waals surface area contributed by atoms with Crippen molar-refractivity contribution in [2.24, 2.45) is 5.41 Å². The third-order valence-corrected chi connectivity index (χ3v) is 2.04. The van der Waals surface area contributed by atoms with Crippen LogP contribution in [0.15, 0.2) is 18.2 Å². The van der Waals surface area contributed by atoms with Crippen LogP contribution in [0.4, 0.5) is 4.39 Å². The topological polar surface area (TPSA) is 18.5 Å². The van der Waals surface area contributed by atoms with Crippen molar-refractivity contribution in [2.75, 3.05) is 13.2 Å². The van der Waals surface area contributed by atoms with Crippen LogP contribution in [0.25, 0.3) is 0 Å². The second-order valence-corrected chi connectivity index (χ2v) is 5.29. The smallest absolute Gasteiger partial charge is 0.165 e. The first-order valence-corrected chi connectivity index (χ1v) is 5.97. The van der Waals surface area contributed by atoms with E-state index in [2.05, 4.69) is 0 Å². The minimum absolute atomic E-state index is 0.00667. The zero-order chi connectivity index (χ0) is 12.9. The van der Waals surface area contributed by atoms with Crippen LogP contribution < -0.4 is 9.47 Å². The van der Waals surface area contributed by atoms with E-state index in [9.17, 15) is 4.39 Å². The van der Waals surface area contributed by atoms with Gasteiger partial charge in [0, 0.05) is 6.07 Å². The summed E-state index contributed by atoms with van der Waals surface area (Å²) in [4.78, 5) is 0. The third kappa shape index (κ3) is 5.07. The number of halogens is 1. The lowest BCUT2D eigenvalue weighted by Gasteiger charge is -2.19. The Balaban J connectivity index is 2.69. The summed E-state index contributed by atoms with van der Waals surface area (Å²) in [5, 5.41) is 0. The molecule has 1 aromatic rings.